The molecule has 1 aromatic rings. The topological polar surface area (TPSA) is 49.8 Å². The summed E-state index contributed by atoms with van der Waals surface area (Å²) < 4.78 is 5.49. The molecule has 1 aromatic carbocycles. The summed E-state index contributed by atoms with van der Waals surface area (Å²) in [6, 6.07) is 7.60. The fourth-order valence-electron chi connectivity index (χ4n) is 2.38. The molecule has 1 N–H and O–H groups in total. The van der Waals surface area contributed by atoms with Gasteiger partial charge in [-0.3, -0.25) is 4.79 Å². The molecule has 1 amide bonds. The lowest BCUT2D eigenvalue weighted by molar-refractivity contribution is -0.138. The molecule has 1 heterocycles. The molecular formula is C15H21NO3. The van der Waals surface area contributed by atoms with Gasteiger partial charge >= 0.3 is 0 Å². The second-order valence-corrected chi connectivity index (χ2v) is 5.61. The van der Waals surface area contributed by atoms with Crippen LogP contribution in [0.3, 0.4) is 0 Å². The largest absolute Gasteiger partial charge is 0.484 e. The van der Waals surface area contributed by atoms with Crippen molar-refractivity contribution in [1.82, 2.24) is 4.90 Å². The van der Waals surface area contributed by atoms with Crippen LogP contribution < -0.4 is 4.74 Å². The molecule has 1 atom stereocenters. The minimum absolute atomic E-state index is 0.0131. The zero-order valence-corrected chi connectivity index (χ0v) is 11.7. The summed E-state index contributed by atoms with van der Waals surface area (Å²) in [4.78, 5) is 13.8. The van der Waals surface area contributed by atoms with Crippen LogP contribution in [0.5, 0.6) is 5.75 Å². The summed E-state index contributed by atoms with van der Waals surface area (Å²) >= 11 is 0. The Balaban J connectivity index is 1.93. The number of rotatable bonds is 3. The van der Waals surface area contributed by atoms with Crippen LogP contribution in [0.15, 0.2) is 24.3 Å². The highest BCUT2D eigenvalue weighted by Gasteiger charge is 2.42. The van der Waals surface area contributed by atoms with E-state index in [1.54, 1.807) is 4.90 Å². The predicted molar refractivity (Wildman–Crippen MR) is 73.1 cm³/mol. The first-order chi connectivity index (χ1) is 8.91. The lowest BCUT2D eigenvalue weighted by Crippen LogP contribution is -2.49. The van der Waals surface area contributed by atoms with Crippen molar-refractivity contribution in [3.05, 3.63) is 29.8 Å². The van der Waals surface area contributed by atoms with Gasteiger partial charge in [0, 0.05) is 6.54 Å². The van der Waals surface area contributed by atoms with E-state index >= 15 is 0 Å². The average molecular weight is 263 g/mol. The number of carbonyl (C=O) groups is 1. The van der Waals surface area contributed by atoms with Crippen LogP contribution >= 0.6 is 0 Å². The quantitative estimate of drug-likeness (QED) is 0.903. The molecule has 4 heteroatoms. The van der Waals surface area contributed by atoms with Gasteiger partial charge in [-0.25, -0.2) is 0 Å². The van der Waals surface area contributed by atoms with E-state index in [1.807, 2.05) is 45.0 Å². The van der Waals surface area contributed by atoms with E-state index in [-0.39, 0.29) is 12.5 Å². The monoisotopic (exact) mass is 263 g/mol. The molecule has 1 saturated heterocycles. The minimum atomic E-state index is -0.506. The first-order valence-electron chi connectivity index (χ1n) is 6.59. The Hall–Kier alpha value is -1.55. The zero-order chi connectivity index (χ0) is 14.0. The normalized spacial score (nSPS) is 21.5. The van der Waals surface area contributed by atoms with Crippen molar-refractivity contribution in [3.63, 3.8) is 0 Å². The van der Waals surface area contributed by atoms with Gasteiger partial charge in [0.1, 0.15) is 5.75 Å². The van der Waals surface area contributed by atoms with Gasteiger partial charge in [-0.05, 0) is 39.3 Å². The van der Waals surface area contributed by atoms with Gasteiger partial charge in [0.25, 0.3) is 5.91 Å². The third-order valence-corrected chi connectivity index (χ3v) is 3.82. The number of ether oxygens (including phenoxy) is 1. The van der Waals surface area contributed by atoms with E-state index in [2.05, 4.69) is 0 Å². The summed E-state index contributed by atoms with van der Waals surface area (Å²) in [7, 11) is 0. The van der Waals surface area contributed by atoms with Crippen molar-refractivity contribution in [2.75, 3.05) is 13.2 Å². The Kier molecular flexibility index (Phi) is 3.80. The molecule has 0 bridgehead atoms. The molecule has 0 radical (unpaired) electrons. The van der Waals surface area contributed by atoms with Crippen LogP contribution in [0.25, 0.3) is 0 Å². The fourth-order valence-corrected chi connectivity index (χ4v) is 2.38. The van der Waals surface area contributed by atoms with Gasteiger partial charge in [-0.15, -0.1) is 0 Å². The molecule has 1 fully saturated rings. The van der Waals surface area contributed by atoms with Crippen molar-refractivity contribution in [1.29, 1.82) is 0 Å². The van der Waals surface area contributed by atoms with Crippen LogP contribution in [0, 0.1) is 6.92 Å². The van der Waals surface area contributed by atoms with E-state index in [9.17, 15) is 9.90 Å². The van der Waals surface area contributed by atoms with Crippen molar-refractivity contribution >= 4 is 5.91 Å². The van der Waals surface area contributed by atoms with Gasteiger partial charge in [-0.2, -0.15) is 0 Å². The lowest BCUT2D eigenvalue weighted by Gasteiger charge is -2.33. The number of amides is 1. The summed E-state index contributed by atoms with van der Waals surface area (Å²) in [5, 5.41) is 9.86. The SMILES string of the molecule is Cc1ccc(OCC(=O)N2CCC(O)C2(C)C)cc1. The van der Waals surface area contributed by atoms with Crippen molar-refractivity contribution in [2.24, 2.45) is 0 Å². The first-order valence-corrected chi connectivity index (χ1v) is 6.59. The van der Waals surface area contributed by atoms with E-state index in [4.69, 9.17) is 4.74 Å². The Morgan fingerprint density at radius 1 is 1.42 bits per heavy atom. The number of benzene rings is 1. The van der Waals surface area contributed by atoms with Gasteiger partial charge in [0.15, 0.2) is 6.61 Å². The van der Waals surface area contributed by atoms with Crippen molar-refractivity contribution in [3.8, 4) is 5.75 Å². The molecular weight excluding hydrogens is 242 g/mol. The number of aliphatic hydroxyl groups excluding tert-OH is 1. The minimum Gasteiger partial charge on any atom is -0.484 e. The first kappa shape index (κ1) is 13.9. The van der Waals surface area contributed by atoms with Crippen LogP contribution in [0.1, 0.15) is 25.8 Å². The molecule has 1 aliphatic heterocycles. The number of likely N-dealkylation sites (tertiary alicyclic amines) is 1. The van der Waals surface area contributed by atoms with Crippen LogP contribution in [-0.2, 0) is 4.79 Å². The van der Waals surface area contributed by atoms with Crippen LogP contribution in [0.4, 0.5) is 0 Å². The highest BCUT2D eigenvalue weighted by Crippen LogP contribution is 2.28. The second-order valence-electron chi connectivity index (χ2n) is 5.61. The third kappa shape index (κ3) is 2.89. The molecule has 0 aromatic heterocycles. The van der Waals surface area contributed by atoms with Gasteiger partial charge in [-0.1, -0.05) is 17.7 Å². The zero-order valence-electron chi connectivity index (χ0n) is 11.7. The molecule has 0 aliphatic carbocycles. The smallest absolute Gasteiger partial charge is 0.261 e. The second kappa shape index (κ2) is 5.21. The number of aryl methyl sites for hydroxylation is 1. The van der Waals surface area contributed by atoms with E-state index in [0.717, 1.165) is 5.56 Å². The Morgan fingerprint density at radius 3 is 2.58 bits per heavy atom. The van der Waals surface area contributed by atoms with Gasteiger partial charge in [0.05, 0.1) is 11.6 Å². The summed E-state index contributed by atoms with van der Waals surface area (Å²) in [6.07, 6.45) is 0.166. The third-order valence-electron chi connectivity index (χ3n) is 3.82. The number of carbonyl (C=O) groups excluding carboxylic acids is 1. The average Bonchev–Trinajstić information content (AvgIpc) is 2.63. The number of nitrogens with zero attached hydrogens (tertiary/aromatic N) is 1. The van der Waals surface area contributed by atoms with E-state index in [0.29, 0.717) is 18.7 Å². The number of hydrogen-bond donors (Lipinski definition) is 1. The van der Waals surface area contributed by atoms with Crippen LogP contribution in [0.2, 0.25) is 0 Å². The van der Waals surface area contributed by atoms with E-state index < -0.39 is 11.6 Å². The highest BCUT2D eigenvalue weighted by molar-refractivity contribution is 5.79. The molecule has 2 rings (SSSR count). The molecule has 0 spiro atoms. The Bertz CT molecular complexity index is 453. The standard InChI is InChI=1S/C15H21NO3/c1-11-4-6-12(7-5-11)19-10-14(18)16-9-8-13(17)15(16,2)3/h4-7,13,17H,8-10H2,1-3H3. The lowest BCUT2D eigenvalue weighted by atomic mass is 9.99. The van der Waals surface area contributed by atoms with Crippen molar-refractivity contribution < 1.29 is 14.6 Å². The molecule has 0 saturated carbocycles. The summed E-state index contributed by atoms with van der Waals surface area (Å²) in [5.41, 5.74) is 0.649. The van der Waals surface area contributed by atoms with Gasteiger partial charge < -0.3 is 14.7 Å². The molecule has 4 nitrogen and oxygen atoms in total. The summed E-state index contributed by atoms with van der Waals surface area (Å²) in [5.74, 6) is 0.610. The number of aliphatic hydroxyl groups is 1. The fraction of sp³-hybridized carbons (Fsp3) is 0.533. The van der Waals surface area contributed by atoms with Gasteiger partial charge in [0.2, 0.25) is 0 Å². The Labute approximate surface area is 114 Å². The van der Waals surface area contributed by atoms with Crippen molar-refractivity contribution in [2.45, 2.75) is 38.8 Å². The molecule has 104 valence electrons. The van der Waals surface area contributed by atoms with E-state index in [1.165, 1.54) is 0 Å². The molecule has 1 aliphatic rings. The highest BCUT2D eigenvalue weighted by atomic mass is 16.5. The maximum atomic E-state index is 12.1. The number of hydrogen-bond acceptors (Lipinski definition) is 3. The summed E-state index contributed by atoms with van der Waals surface area (Å²) in [6.45, 7) is 6.37. The Morgan fingerprint density at radius 2 is 2.05 bits per heavy atom. The molecule has 19 heavy (non-hydrogen) atoms. The maximum Gasteiger partial charge on any atom is 0.261 e. The predicted octanol–water partition coefficient (Wildman–Crippen LogP) is 1.75. The van der Waals surface area contributed by atoms with Crippen LogP contribution in [-0.4, -0.2) is 40.7 Å². The molecule has 1 unspecified atom stereocenters. The maximum absolute atomic E-state index is 12.1.